The van der Waals surface area contributed by atoms with E-state index in [2.05, 4.69) is 27.9 Å². The average Bonchev–Trinajstić information content (AvgIpc) is 3.37. The molecule has 0 N–H and O–H groups in total. The third kappa shape index (κ3) is 3.47. The van der Waals surface area contributed by atoms with Crippen LogP contribution in [0.15, 0.2) is 24.5 Å². The Labute approximate surface area is 144 Å². The molecule has 3 atom stereocenters. The number of likely N-dealkylation sites (N-methyl/N-ethyl adjacent to an activating group) is 1. The summed E-state index contributed by atoms with van der Waals surface area (Å²) in [6.07, 6.45) is 7.33. The molecule has 0 aromatic carbocycles. The molecule has 3 aliphatic rings. The summed E-state index contributed by atoms with van der Waals surface area (Å²) >= 11 is 0. The Kier molecular flexibility index (Phi) is 4.55. The van der Waals surface area contributed by atoms with Gasteiger partial charge in [0, 0.05) is 50.4 Å². The zero-order valence-electron chi connectivity index (χ0n) is 14.4. The van der Waals surface area contributed by atoms with Crippen LogP contribution in [0.2, 0.25) is 0 Å². The van der Waals surface area contributed by atoms with E-state index in [1.165, 1.54) is 5.56 Å². The minimum absolute atomic E-state index is 0.301. The highest BCUT2D eigenvalue weighted by atomic mass is 16.5. The zero-order chi connectivity index (χ0) is 16.5. The van der Waals surface area contributed by atoms with E-state index in [0.717, 1.165) is 52.0 Å². The van der Waals surface area contributed by atoms with Crippen molar-refractivity contribution in [3.05, 3.63) is 30.1 Å². The van der Waals surface area contributed by atoms with E-state index in [4.69, 9.17) is 4.74 Å². The van der Waals surface area contributed by atoms with Crippen molar-refractivity contribution in [2.24, 2.45) is 17.8 Å². The lowest BCUT2D eigenvalue weighted by Gasteiger charge is -2.36. The molecule has 130 valence electrons. The summed E-state index contributed by atoms with van der Waals surface area (Å²) in [7, 11) is 2.15. The Morgan fingerprint density at radius 2 is 2.29 bits per heavy atom. The second-order valence-electron chi connectivity index (χ2n) is 7.70. The summed E-state index contributed by atoms with van der Waals surface area (Å²) in [5, 5.41) is 0. The number of piperidine rings is 1. The topological polar surface area (TPSA) is 45.7 Å². The number of pyridine rings is 1. The van der Waals surface area contributed by atoms with E-state index < -0.39 is 0 Å². The largest absolute Gasteiger partial charge is 0.376 e. The van der Waals surface area contributed by atoms with Crippen LogP contribution in [0.1, 0.15) is 24.8 Å². The molecule has 1 amide bonds. The number of hydrogen-bond acceptors (Lipinski definition) is 4. The second kappa shape index (κ2) is 6.81. The third-order valence-corrected chi connectivity index (χ3v) is 5.70. The lowest BCUT2D eigenvalue weighted by atomic mass is 9.84. The van der Waals surface area contributed by atoms with E-state index in [1.807, 2.05) is 18.5 Å². The van der Waals surface area contributed by atoms with Gasteiger partial charge in [-0.3, -0.25) is 14.7 Å². The van der Waals surface area contributed by atoms with Gasteiger partial charge in [0.25, 0.3) is 0 Å². The maximum absolute atomic E-state index is 12.3. The fourth-order valence-corrected chi connectivity index (χ4v) is 4.24. The van der Waals surface area contributed by atoms with E-state index >= 15 is 0 Å². The molecule has 3 heterocycles. The van der Waals surface area contributed by atoms with Crippen LogP contribution in [0.5, 0.6) is 0 Å². The van der Waals surface area contributed by atoms with Gasteiger partial charge in [0.05, 0.1) is 12.7 Å². The first-order valence-corrected chi connectivity index (χ1v) is 9.18. The van der Waals surface area contributed by atoms with Crippen molar-refractivity contribution in [1.29, 1.82) is 0 Å². The summed E-state index contributed by atoms with van der Waals surface area (Å²) in [5.74, 6) is 1.86. The molecule has 24 heavy (non-hydrogen) atoms. The lowest BCUT2D eigenvalue weighted by molar-refractivity contribution is -0.134. The van der Waals surface area contributed by atoms with Gasteiger partial charge in [-0.15, -0.1) is 0 Å². The predicted octanol–water partition coefficient (Wildman–Crippen LogP) is 1.79. The lowest BCUT2D eigenvalue weighted by Crippen LogP contribution is -2.46. The van der Waals surface area contributed by atoms with Crippen LogP contribution in [0, 0.1) is 17.8 Å². The first-order chi connectivity index (χ1) is 11.7. The molecule has 4 rings (SSSR count). The van der Waals surface area contributed by atoms with Gasteiger partial charge < -0.3 is 9.64 Å². The Morgan fingerprint density at radius 1 is 1.42 bits per heavy atom. The van der Waals surface area contributed by atoms with Gasteiger partial charge >= 0.3 is 0 Å². The van der Waals surface area contributed by atoms with Crippen molar-refractivity contribution >= 4 is 5.91 Å². The Morgan fingerprint density at radius 3 is 3.04 bits per heavy atom. The van der Waals surface area contributed by atoms with E-state index in [9.17, 15) is 4.79 Å². The Bertz CT molecular complexity index is 575. The fourth-order valence-electron chi connectivity index (χ4n) is 4.24. The summed E-state index contributed by atoms with van der Waals surface area (Å²) in [6.45, 7) is 4.49. The predicted molar refractivity (Wildman–Crippen MR) is 91.2 cm³/mol. The third-order valence-electron chi connectivity index (χ3n) is 5.70. The number of carbonyl (C=O) groups is 1. The number of carbonyl (C=O) groups excluding carboxylic acids is 1. The van der Waals surface area contributed by atoms with Crippen LogP contribution in [0.4, 0.5) is 0 Å². The number of rotatable bonds is 5. The van der Waals surface area contributed by atoms with Crippen molar-refractivity contribution in [2.75, 3.05) is 33.3 Å². The van der Waals surface area contributed by atoms with Crippen molar-refractivity contribution in [1.82, 2.24) is 14.8 Å². The summed E-state index contributed by atoms with van der Waals surface area (Å²) in [6, 6.07) is 4.10. The van der Waals surface area contributed by atoms with Gasteiger partial charge in [-0.25, -0.2) is 0 Å². The molecule has 0 spiro atoms. The normalized spacial score (nSPS) is 29.8. The molecule has 2 saturated heterocycles. The SMILES string of the molecule is CN(Cc1cccnc1)C[C@@H]1OC[C@H]2CN(C(=O)C3CC3)CC[C@H]21. The zero-order valence-corrected chi connectivity index (χ0v) is 14.4. The van der Waals surface area contributed by atoms with Gasteiger partial charge in [0.15, 0.2) is 0 Å². The van der Waals surface area contributed by atoms with Gasteiger partial charge in [-0.2, -0.15) is 0 Å². The quantitative estimate of drug-likeness (QED) is 0.826. The minimum atomic E-state index is 0.301. The van der Waals surface area contributed by atoms with Crippen LogP contribution in [-0.4, -0.2) is 60.1 Å². The molecule has 2 aliphatic heterocycles. The second-order valence-corrected chi connectivity index (χ2v) is 7.70. The molecular formula is C19H27N3O2. The molecule has 0 bridgehead atoms. The first-order valence-electron chi connectivity index (χ1n) is 9.18. The summed E-state index contributed by atoms with van der Waals surface area (Å²) in [4.78, 5) is 20.9. The molecule has 5 nitrogen and oxygen atoms in total. The van der Waals surface area contributed by atoms with E-state index in [-0.39, 0.29) is 0 Å². The number of nitrogens with zero attached hydrogens (tertiary/aromatic N) is 3. The molecule has 5 heteroatoms. The monoisotopic (exact) mass is 329 g/mol. The molecule has 0 unspecified atom stereocenters. The van der Waals surface area contributed by atoms with Crippen LogP contribution in [0.3, 0.4) is 0 Å². The molecular weight excluding hydrogens is 302 g/mol. The minimum Gasteiger partial charge on any atom is -0.376 e. The van der Waals surface area contributed by atoms with Crippen molar-refractivity contribution in [2.45, 2.75) is 31.9 Å². The Hall–Kier alpha value is -1.46. The standard InChI is InChI=1S/C19H27N3O2/c1-21(10-14-3-2-7-20-9-14)12-18-17-6-8-22(11-16(17)13-24-18)19(23)15-4-5-15/h2-3,7,9,15-18H,4-6,8,10-13H2,1H3/t16-,17-,18+/m1/s1. The van der Waals surface area contributed by atoms with Gasteiger partial charge in [0.1, 0.15) is 0 Å². The van der Waals surface area contributed by atoms with Gasteiger partial charge in [-0.05, 0) is 43.9 Å². The highest BCUT2D eigenvalue weighted by Crippen LogP contribution is 2.37. The van der Waals surface area contributed by atoms with Crippen molar-refractivity contribution < 1.29 is 9.53 Å². The highest BCUT2D eigenvalue weighted by molar-refractivity contribution is 5.81. The number of amides is 1. The van der Waals surface area contributed by atoms with Crippen molar-refractivity contribution in [3.63, 3.8) is 0 Å². The van der Waals surface area contributed by atoms with E-state index in [1.54, 1.807) is 0 Å². The van der Waals surface area contributed by atoms with Crippen molar-refractivity contribution in [3.8, 4) is 0 Å². The average molecular weight is 329 g/mol. The fraction of sp³-hybridized carbons (Fsp3) is 0.684. The maximum Gasteiger partial charge on any atom is 0.225 e. The van der Waals surface area contributed by atoms with Crippen LogP contribution < -0.4 is 0 Å². The first kappa shape index (κ1) is 16.0. The highest BCUT2D eigenvalue weighted by Gasteiger charge is 2.44. The van der Waals surface area contributed by atoms with Gasteiger partial charge in [0.2, 0.25) is 5.91 Å². The number of fused-ring (bicyclic) bond motifs is 1. The van der Waals surface area contributed by atoms with Gasteiger partial charge in [-0.1, -0.05) is 6.07 Å². The van der Waals surface area contributed by atoms with Crippen LogP contribution in [0.25, 0.3) is 0 Å². The molecule has 0 radical (unpaired) electrons. The number of aromatic nitrogens is 1. The molecule has 1 saturated carbocycles. The molecule has 1 aliphatic carbocycles. The Balaban J connectivity index is 1.30. The molecule has 1 aromatic heterocycles. The maximum atomic E-state index is 12.3. The molecule has 3 fully saturated rings. The number of hydrogen-bond donors (Lipinski definition) is 0. The number of ether oxygens (including phenoxy) is 1. The van der Waals surface area contributed by atoms with Crippen LogP contribution in [-0.2, 0) is 16.1 Å². The summed E-state index contributed by atoms with van der Waals surface area (Å²) < 4.78 is 6.12. The smallest absolute Gasteiger partial charge is 0.225 e. The summed E-state index contributed by atoms with van der Waals surface area (Å²) in [5.41, 5.74) is 1.24. The number of likely N-dealkylation sites (tertiary alicyclic amines) is 1. The molecule has 1 aromatic rings. The van der Waals surface area contributed by atoms with E-state index in [0.29, 0.717) is 29.8 Å². The van der Waals surface area contributed by atoms with Crippen LogP contribution >= 0.6 is 0 Å².